The van der Waals surface area contributed by atoms with Crippen LogP contribution in [0.15, 0.2) is 0 Å². The van der Waals surface area contributed by atoms with E-state index >= 15 is 0 Å². The van der Waals surface area contributed by atoms with Gasteiger partial charge in [-0.1, -0.05) is 13.8 Å². The molecule has 0 saturated carbocycles. The molecule has 0 amide bonds. The molecule has 0 aliphatic carbocycles. The fraction of sp³-hybridized carbons (Fsp3) is 0.900. The van der Waals surface area contributed by atoms with E-state index < -0.39 is 12.0 Å². The molecule has 0 saturated heterocycles. The number of aliphatic carboxylic acids is 1. The van der Waals surface area contributed by atoms with Gasteiger partial charge in [0.05, 0.1) is 13.2 Å². The van der Waals surface area contributed by atoms with Crippen molar-refractivity contribution in [3.8, 4) is 0 Å². The van der Waals surface area contributed by atoms with Crippen LogP contribution in [0.5, 0.6) is 0 Å². The molecule has 0 bridgehead atoms. The molecule has 0 fully saturated rings. The SMILES string of the molecule is COCCN(CCO)C(C(=O)O)C(C)C. The van der Waals surface area contributed by atoms with Crippen molar-refractivity contribution in [1.29, 1.82) is 0 Å². The summed E-state index contributed by atoms with van der Waals surface area (Å²) in [6, 6.07) is -0.563. The van der Waals surface area contributed by atoms with Crippen LogP contribution < -0.4 is 0 Å². The number of ether oxygens (including phenoxy) is 1. The highest BCUT2D eigenvalue weighted by atomic mass is 16.5. The zero-order valence-electron chi connectivity index (χ0n) is 9.64. The lowest BCUT2D eigenvalue weighted by Gasteiger charge is -2.30. The first-order valence-corrected chi connectivity index (χ1v) is 5.11. The summed E-state index contributed by atoms with van der Waals surface area (Å²) in [5.74, 6) is -0.847. The largest absolute Gasteiger partial charge is 0.480 e. The van der Waals surface area contributed by atoms with Crippen LogP contribution in [0, 0.1) is 5.92 Å². The number of hydrogen-bond acceptors (Lipinski definition) is 4. The van der Waals surface area contributed by atoms with Crippen molar-refractivity contribution in [2.75, 3.05) is 33.4 Å². The molecule has 1 unspecified atom stereocenters. The summed E-state index contributed by atoms with van der Waals surface area (Å²) >= 11 is 0. The van der Waals surface area contributed by atoms with E-state index in [0.717, 1.165) is 0 Å². The average molecular weight is 219 g/mol. The number of carboxylic acids is 1. The van der Waals surface area contributed by atoms with Crippen LogP contribution in [0.25, 0.3) is 0 Å². The number of rotatable bonds is 8. The van der Waals surface area contributed by atoms with Gasteiger partial charge in [0.1, 0.15) is 6.04 Å². The number of aliphatic hydroxyl groups is 1. The van der Waals surface area contributed by atoms with Gasteiger partial charge in [-0.25, -0.2) is 0 Å². The number of aliphatic hydroxyl groups excluding tert-OH is 1. The summed E-state index contributed by atoms with van der Waals surface area (Å²) in [6.07, 6.45) is 0. The molecule has 0 heterocycles. The zero-order valence-corrected chi connectivity index (χ0v) is 9.64. The molecule has 0 aromatic heterocycles. The summed E-state index contributed by atoms with van der Waals surface area (Å²) in [5, 5.41) is 17.9. The van der Waals surface area contributed by atoms with Gasteiger partial charge in [-0.15, -0.1) is 0 Å². The van der Waals surface area contributed by atoms with Gasteiger partial charge in [0.25, 0.3) is 0 Å². The third-order valence-electron chi connectivity index (χ3n) is 2.25. The maximum atomic E-state index is 11.1. The average Bonchev–Trinajstić information content (AvgIpc) is 2.13. The van der Waals surface area contributed by atoms with Gasteiger partial charge in [-0.05, 0) is 5.92 Å². The Morgan fingerprint density at radius 1 is 1.40 bits per heavy atom. The second-order valence-electron chi connectivity index (χ2n) is 3.78. The first-order valence-electron chi connectivity index (χ1n) is 5.11. The number of carbonyl (C=O) groups is 1. The third-order valence-corrected chi connectivity index (χ3v) is 2.25. The molecule has 2 N–H and O–H groups in total. The van der Waals surface area contributed by atoms with Crippen LogP contribution >= 0.6 is 0 Å². The second-order valence-corrected chi connectivity index (χ2v) is 3.78. The highest BCUT2D eigenvalue weighted by Gasteiger charge is 2.27. The Morgan fingerprint density at radius 2 is 2.00 bits per heavy atom. The molecule has 0 radical (unpaired) electrons. The van der Waals surface area contributed by atoms with E-state index in [0.29, 0.717) is 19.7 Å². The Morgan fingerprint density at radius 3 is 2.33 bits per heavy atom. The van der Waals surface area contributed by atoms with Crippen LogP contribution in [0.3, 0.4) is 0 Å². The van der Waals surface area contributed by atoms with E-state index in [9.17, 15) is 4.79 Å². The van der Waals surface area contributed by atoms with Crippen LogP contribution in [0.1, 0.15) is 13.8 Å². The molecule has 0 aliphatic heterocycles. The van der Waals surface area contributed by atoms with Crippen molar-refractivity contribution in [3.05, 3.63) is 0 Å². The number of nitrogens with zero attached hydrogens (tertiary/aromatic N) is 1. The van der Waals surface area contributed by atoms with Gasteiger partial charge in [0.15, 0.2) is 0 Å². The molecule has 0 aromatic carbocycles. The lowest BCUT2D eigenvalue weighted by atomic mass is 10.0. The summed E-state index contributed by atoms with van der Waals surface area (Å²) in [6.45, 7) is 5.02. The van der Waals surface area contributed by atoms with Crippen molar-refractivity contribution in [2.24, 2.45) is 5.92 Å². The molecule has 0 spiro atoms. The van der Waals surface area contributed by atoms with Crippen molar-refractivity contribution in [1.82, 2.24) is 4.90 Å². The van der Waals surface area contributed by atoms with E-state index in [1.165, 1.54) is 0 Å². The van der Waals surface area contributed by atoms with E-state index in [2.05, 4.69) is 0 Å². The molecule has 90 valence electrons. The van der Waals surface area contributed by atoms with Crippen molar-refractivity contribution >= 4 is 5.97 Å². The summed E-state index contributed by atoms with van der Waals surface area (Å²) in [7, 11) is 1.57. The summed E-state index contributed by atoms with van der Waals surface area (Å²) in [4.78, 5) is 12.8. The number of hydrogen-bond donors (Lipinski definition) is 2. The summed E-state index contributed by atoms with van der Waals surface area (Å²) in [5.41, 5.74) is 0. The lowest BCUT2D eigenvalue weighted by molar-refractivity contribution is -0.145. The van der Waals surface area contributed by atoms with Crippen LogP contribution in [-0.2, 0) is 9.53 Å². The Balaban J connectivity index is 4.44. The van der Waals surface area contributed by atoms with Crippen LogP contribution in [0.4, 0.5) is 0 Å². The van der Waals surface area contributed by atoms with Gasteiger partial charge in [0, 0.05) is 20.2 Å². The van der Waals surface area contributed by atoms with Gasteiger partial charge < -0.3 is 14.9 Å². The van der Waals surface area contributed by atoms with Gasteiger partial charge in [-0.3, -0.25) is 9.69 Å². The maximum absolute atomic E-state index is 11.1. The summed E-state index contributed by atoms with van der Waals surface area (Å²) < 4.78 is 4.91. The molecule has 0 aliphatic rings. The Bertz CT molecular complexity index is 184. The minimum absolute atomic E-state index is 0.00547. The minimum atomic E-state index is -0.852. The first kappa shape index (κ1) is 14.3. The highest BCUT2D eigenvalue weighted by Crippen LogP contribution is 2.10. The molecule has 5 heteroatoms. The fourth-order valence-electron chi connectivity index (χ4n) is 1.59. The van der Waals surface area contributed by atoms with E-state index in [1.54, 1.807) is 12.0 Å². The standard InChI is InChI=1S/C10H21NO4/c1-8(2)9(10(13)14)11(4-6-12)5-7-15-3/h8-9,12H,4-7H2,1-3H3,(H,13,14). The van der Waals surface area contributed by atoms with Gasteiger partial charge >= 0.3 is 5.97 Å². The molecule has 1 atom stereocenters. The van der Waals surface area contributed by atoms with E-state index in [1.807, 2.05) is 13.8 Å². The lowest BCUT2D eigenvalue weighted by Crippen LogP contribution is -2.47. The third kappa shape index (κ3) is 5.11. The minimum Gasteiger partial charge on any atom is -0.480 e. The smallest absolute Gasteiger partial charge is 0.321 e. The predicted molar refractivity (Wildman–Crippen MR) is 56.8 cm³/mol. The number of carboxylic acid groups (broad SMARTS) is 1. The first-order chi connectivity index (χ1) is 7.04. The van der Waals surface area contributed by atoms with E-state index in [4.69, 9.17) is 14.9 Å². The molecular weight excluding hydrogens is 198 g/mol. The Labute approximate surface area is 90.6 Å². The Hall–Kier alpha value is -0.650. The predicted octanol–water partition coefficient (Wildman–Crippen LogP) is 0.0363. The normalized spacial score (nSPS) is 13.5. The van der Waals surface area contributed by atoms with Gasteiger partial charge in [0.2, 0.25) is 0 Å². The van der Waals surface area contributed by atoms with Crippen molar-refractivity contribution in [2.45, 2.75) is 19.9 Å². The van der Waals surface area contributed by atoms with Crippen LogP contribution in [0.2, 0.25) is 0 Å². The number of methoxy groups -OCH3 is 1. The monoisotopic (exact) mass is 219 g/mol. The highest BCUT2D eigenvalue weighted by molar-refractivity contribution is 5.73. The van der Waals surface area contributed by atoms with Crippen molar-refractivity contribution < 1.29 is 19.7 Å². The molecular formula is C10H21NO4. The van der Waals surface area contributed by atoms with E-state index in [-0.39, 0.29) is 12.5 Å². The van der Waals surface area contributed by atoms with Gasteiger partial charge in [-0.2, -0.15) is 0 Å². The molecule has 0 aromatic rings. The molecule has 15 heavy (non-hydrogen) atoms. The molecule has 0 rings (SSSR count). The molecule has 5 nitrogen and oxygen atoms in total. The maximum Gasteiger partial charge on any atom is 0.321 e. The quantitative estimate of drug-likeness (QED) is 0.603. The fourth-order valence-corrected chi connectivity index (χ4v) is 1.59. The topological polar surface area (TPSA) is 70.0 Å². The van der Waals surface area contributed by atoms with Crippen molar-refractivity contribution in [3.63, 3.8) is 0 Å². The van der Waals surface area contributed by atoms with Crippen LogP contribution in [-0.4, -0.2) is 60.5 Å². The second kappa shape index (κ2) is 7.62. The zero-order chi connectivity index (χ0) is 11.8. The Kier molecular flexibility index (Phi) is 7.29.